The van der Waals surface area contributed by atoms with Crippen LogP contribution in [0.2, 0.25) is 0 Å². The van der Waals surface area contributed by atoms with Gasteiger partial charge in [0.05, 0.1) is 6.42 Å². The predicted molar refractivity (Wildman–Crippen MR) is 64.3 cm³/mol. The Morgan fingerprint density at radius 1 is 1.00 bits per heavy atom. The van der Waals surface area contributed by atoms with Crippen LogP contribution in [0.1, 0.15) is 6.42 Å². The fourth-order valence-corrected chi connectivity index (χ4v) is 1.20. The number of aliphatic carboxylic acids is 2. The van der Waals surface area contributed by atoms with E-state index in [1.807, 2.05) is 0 Å². The molecule has 0 aliphatic heterocycles. The molecule has 7 nitrogen and oxygen atoms in total. The van der Waals surface area contributed by atoms with Crippen LogP contribution in [-0.2, 0) is 14.2 Å². The summed E-state index contributed by atoms with van der Waals surface area (Å²) in [4.78, 5) is 36.8. The third-order valence-corrected chi connectivity index (χ3v) is 2.27. The van der Waals surface area contributed by atoms with E-state index in [1.165, 1.54) is 0 Å². The van der Waals surface area contributed by atoms with Gasteiger partial charge in [0.25, 0.3) is 0 Å². The number of hydrogen-bond donors (Lipinski definition) is 4. The Kier molecular flexibility index (Phi) is 28.5. The molecule has 1 unspecified atom stereocenters. The molecule has 4 N–H and O–H groups in total. The molecule has 16 heavy (non-hydrogen) atoms. The minimum absolute atomic E-state index is 0. The molecule has 0 aromatic carbocycles. The van der Waals surface area contributed by atoms with Gasteiger partial charge in [-0.05, 0) is 0 Å². The number of carboxylic acid groups (broad SMARTS) is 2. The zero-order valence-electron chi connectivity index (χ0n) is 5.75. The molecule has 78 valence electrons. The molecular weight excluding hydrogens is 283 g/mol. The molecule has 12 heteroatoms. The molecule has 0 saturated heterocycles. The quantitative estimate of drug-likeness (QED) is 0.312. The van der Waals surface area contributed by atoms with Gasteiger partial charge in [-0.15, -0.1) is 0 Å². The Labute approximate surface area is 180 Å². The molecule has 0 amide bonds. The second-order valence-electron chi connectivity index (χ2n) is 2.04. The van der Waals surface area contributed by atoms with Crippen molar-refractivity contribution in [2.45, 2.75) is 12.1 Å². The number of hydrogen-bond acceptors (Lipinski definition) is 3. The summed E-state index contributed by atoms with van der Waals surface area (Å²) < 4.78 is 10.4. The van der Waals surface area contributed by atoms with Crippen molar-refractivity contribution in [1.29, 1.82) is 0 Å². The second kappa shape index (κ2) is 14.5. The standard InChI is InChI=1S/C4H7O7P.4Na.4H/c5-3(6)1-2(4(7)8)12(9,10)11;;;;;;;;/h2H,1H2,(H,5,6)(H,7,8)(H2,9,10,11);;;;;;;;. The van der Waals surface area contributed by atoms with E-state index in [9.17, 15) is 14.2 Å². The first-order valence-corrected chi connectivity index (χ1v) is 4.43. The van der Waals surface area contributed by atoms with Crippen LogP contribution in [0.5, 0.6) is 0 Å². The van der Waals surface area contributed by atoms with E-state index in [4.69, 9.17) is 20.0 Å². The van der Waals surface area contributed by atoms with Crippen molar-refractivity contribution in [3.63, 3.8) is 0 Å². The summed E-state index contributed by atoms with van der Waals surface area (Å²) in [5.74, 6) is -3.38. The number of carbonyl (C=O) groups is 2. The molecule has 0 aromatic rings. The van der Waals surface area contributed by atoms with Crippen LogP contribution in [0.15, 0.2) is 0 Å². The van der Waals surface area contributed by atoms with Crippen LogP contribution < -0.4 is 0 Å². The normalized spacial score (nSPS) is 10.4. The molecule has 0 aliphatic rings. The fraction of sp³-hybridized carbons (Fsp3) is 0.500. The van der Waals surface area contributed by atoms with Crippen molar-refractivity contribution in [2.24, 2.45) is 0 Å². The molecular formula is C4H11Na4O7P. The van der Waals surface area contributed by atoms with Crippen molar-refractivity contribution in [2.75, 3.05) is 0 Å². The maximum atomic E-state index is 10.4. The van der Waals surface area contributed by atoms with Gasteiger partial charge < -0.3 is 20.0 Å². The van der Waals surface area contributed by atoms with Crippen LogP contribution >= 0.6 is 7.60 Å². The van der Waals surface area contributed by atoms with Gasteiger partial charge in [-0.25, -0.2) is 0 Å². The number of carboxylic acids is 2. The van der Waals surface area contributed by atoms with Crippen LogP contribution in [0.25, 0.3) is 0 Å². The van der Waals surface area contributed by atoms with E-state index in [1.54, 1.807) is 0 Å². The van der Waals surface area contributed by atoms with Gasteiger partial charge >= 0.3 is 138 Å². The van der Waals surface area contributed by atoms with Crippen molar-refractivity contribution >= 4 is 138 Å². The van der Waals surface area contributed by atoms with Gasteiger partial charge in [-0.3, -0.25) is 14.2 Å². The van der Waals surface area contributed by atoms with E-state index in [0.29, 0.717) is 0 Å². The Morgan fingerprint density at radius 3 is 1.38 bits per heavy atom. The molecule has 1 atom stereocenters. The summed E-state index contributed by atoms with van der Waals surface area (Å²) in [5, 5.41) is 16.3. The second-order valence-corrected chi connectivity index (χ2v) is 3.84. The molecule has 0 fully saturated rings. The number of rotatable bonds is 4. The molecule has 0 spiro atoms. The first-order chi connectivity index (χ1) is 5.25. The van der Waals surface area contributed by atoms with Gasteiger partial charge in [-0.2, -0.15) is 0 Å². The average molecular weight is 294 g/mol. The van der Waals surface area contributed by atoms with Gasteiger partial charge in [-0.1, -0.05) is 0 Å². The average Bonchev–Trinajstić information content (AvgIpc) is 1.79. The Balaban J connectivity index is -0.000000101. The zero-order valence-corrected chi connectivity index (χ0v) is 6.64. The summed E-state index contributed by atoms with van der Waals surface area (Å²) in [5.41, 5.74) is -2.16. The zero-order chi connectivity index (χ0) is 9.94. The summed E-state index contributed by atoms with van der Waals surface area (Å²) in [6, 6.07) is 0. The monoisotopic (exact) mass is 294 g/mol. The molecule has 0 aliphatic carbocycles. The van der Waals surface area contributed by atoms with Gasteiger partial charge in [0.15, 0.2) is 5.66 Å². The molecule has 0 heterocycles. The van der Waals surface area contributed by atoms with E-state index < -0.39 is 31.6 Å². The summed E-state index contributed by atoms with van der Waals surface area (Å²) in [6.07, 6.45) is -1.08. The third kappa shape index (κ3) is 15.1. The first-order valence-electron chi connectivity index (χ1n) is 2.75. The van der Waals surface area contributed by atoms with Crippen LogP contribution in [0.3, 0.4) is 0 Å². The van der Waals surface area contributed by atoms with Crippen LogP contribution in [-0.4, -0.2) is 156 Å². The van der Waals surface area contributed by atoms with Gasteiger partial charge in [0.2, 0.25) is 0 Å². The van der Waals surface area contributed by atoms with Crippen LogP contribution in [0.4, 0.5) is 0 Å². The molecule has 0 aromatic heterocycles. The topological polar surface area (TPSA) is 132 Å². The van der Waals surface area contributed by atoms with E-state index in [2.05, 4.69) is 0 Å². The fourth-order valence-electron chi connectivity index (χ4n) is 0.515. The SMILES string of the molecule is O=C(O)CC(C(=O)O)P(=O)(O)O.[NaH].[NaH].[NaH].[NaH]. The van der Waals surface area contributed by atoms with Gasteiger partial charge in [0, 0.05) is 0 Å². The molecule has 0 bridgehead atoms. The molecule has 0 radical (unpaired) electrons. The first kappa shape index (κ1) is 31.5. The maximum absolute atomic E-state index is 10.4. The van der Waals surface area contributed by atoms with E-state index in [-0.39, 0.29) is 118 Å². The Bertz CT molecular complexity index is 253. The van der Waals surface area contributed by atoms with Crippen molar-refractivity contribution in [1.82, 2.24) is 0 Å². The molecule has 0 rings (SSSR count). The molecule has 0 saturated carbocycles. The van der Waals surface area contributed by atoms with E-state index >= 15 is 0 Å². The van der Waals surface area contributed by atoms with Crippen molar-refractivity contribution in [3.05, 3.63) is 0 Å². The summed E-state index contributed by atoms with van der Waals surface area (Å²) in [6.45, 7) is 0. The van der Waals surface area contributed by atoms with Crippen molar-refractivity contribution < 1.29 is 34.2 Å². The Morgan fingerprint density at radius 2 is 1.31 bits per heavy atom. The third-order valence-electron chi connectivity index (χ3n) is 1.06. The minimum atomic E-state index is -4.87. The predicted octanol–water partition coefficient (Wildman–Crippen LogP) is -3.50. The summed E-state index contributed by atoms with van der Waals surface area (Å²) in [7, 11) is -4.87. The van der Waals surface area contributed by atoms with Crippen LogP contribution in [0, 0.1) is 0 Å². The van der Waals surface area contributed by atoms with E-state index in [0.717, 1.165) is 0 Å². The Hall–Kier alpha value is 3.09. The van der Waals surface area contributed by atoms with Crippen molar-refractivity contribution in [3.8, 4) is 0 Å². The van der Waals surface area contributed by atoms with Gasteiger partial charge in [0.1, 0.15) is 0 Å². The summed E-state index contributed by atoms with van der Waals surface area (Å²) >= 11 is 0.